The highest BCUT2D eigenvalue weighted by molar-refractivity contribution is 6.47. The number of hydrogen-bond donors (Lipinski definition) is 0. The average Bonchev–Trinajstić information content (AvgIpc) is 2.61. The van der Waals surface area contributed by atoms with Crippen molar-refractivity contribution < 1.29 is 4.79 Å². The highest BCUT2D eigenvalue weighted by Gasteiger charge is 2.20. The van der Waals surface area contributed by atoms with Gasteiger partial charge in [-0.2, -0.15) is 9.98 Å². The molecule has 1 aliphatic rings. The summed E-state index contributed by atoms with van der Waals surface area (Å²) in [6.07, 6.45) is 0.642. The van der Waals surface area contributed by atoms with Crippen molar-refractivity contribution in [1.29, 1.82) is 0 Å². The molecule has 0 atom stereocenters. The van der Waals surface area contributed by atoms with Gasteiger partial charge < -0.3 is 4.90 Å². The van der Waals surface area contributed by atoms with E-state index in [0.29, 0.717) is 12.3 Å². The van der Waals surface area contributed by atoms with Crippen molar-refractivity contribution in [3.05, 3.63) is 35.9 Å². The number of nitrogens with zero attached hydrogens (tertiary/aromatic N) is 3. The normalized spacial score (nSPS) is 14.8. The summed E-state index contributed by atoms with van der Waals surface area (Å²) < 4.78 is 0. The monoisotopic (exact) mass is 215 g/mol. The standard InChI is InChI=1S/C12H13N3O/c1-15(2)11-10(13-12(16)14-11)8-9-6-4-3-5-7-9/h3-7H,8H2,1-2H3. The van der Waals surface area contributed by atoms with Gasteiger partial charge in [0.15, 0.2) is 5.84 Å². The third-order valence-corrected chi connectivity index (χ3v) is 2.33. The summed E-state index contributed by atoms with van der Waals surface area (Å²) in [5.41, 5.74) is 1.87. The molecule has 1 aromatic carbocycles. The zero-order chi connectivity index (χ0) is 11.5. The Labute approximate surface area is 94.3 Å². The molecule has 0 saturated carbocycles. The van der Waals surface area contributed by atoms with Crippen LogP contribution in [0.1, 0.15) is 5.56 Å². The second-order valence-corrected chi connectivity index (χ2v) is 3.83. The van der Waals surface area contributed by atoms with Crippen LogP contribution in [0.25, 0.3) is 0 Å². The van der Waals surface area contributed by atoms with E-state index in [1.54, 1.807) is 0 Å². The maximum Gasteiger partial charge on any atom is 0.369 e. The van der Waals surface area contributed by atoms with E-state index in [1.165, 1.54) is 0 Å². The largest absolute Gasteiger partial charge is 0.369 e. The first kappa shape index (κ1) is 10.5. The molecular formula is C12H13N3O. The first-order valence-corrected chi connectivity index (χ1v) is 5.08. The van der Waals surface area contributed by atoms with Gasteiger partial charge in [-0.15, -0.1) is 0 Å². The van der Waals surface area contributed by atoms with Crippen LogP contribution < -0.4 is 0 Å². The second kappa shape index (κ2) is 4.26. The van der Waals surface area contributed by atoms with E-state index in [2.05, 4.69) is 9.98 Å². The maximum absolute atomic E-state index is 11.2. The number of hydrogen-bond acceptors (Lipinski definition) is 2. The molecule has 0 aromatic heterocycles. The van der Waals surface area contributed by atoms with Crippen LogP contribution in [0.2, 0.25) is 0 Å². The van der Waals surface area contributed by atoms with E-state index in [0.717, 1.165) is 11.3 Å². The Kier molecular flexibility index (Phi) is 2.81. The zero-order valence-corrected chi connectivity index (χ0v) is 9.34. The third-order valence-electron chi connectivity index (χ3n) is 2.33. The van der Waals surface area contributed by atoms with Gasteiger partial charge >= 0.3 is 6.03 Å². The number of aliphatic imine (C=N–C) groups is 2. The van der Waals surface area contributed by atoms with Crippen molar-refractivity contribution in [2.75, 3.05) is 14.1 Å². The van der Waals surface area contributed by atoms with E-state index in [4.69, 9.17) is 0 Å². The van der Waals surface area contributed by atoms with E-state index in [-0.39, 0.29) is 0 Å². The van der Waals surface area contributed by atoms with Crippen LogP contribution in [0, 0.1) is 0 Å². The molecule has 0 unspecified atom stereocenters. The Balaban J connectivity index is 2.20. The molecule has 0 spiro atoms. The van der Waals surface area contributed by atoms with Gasteiger partial charge in [0, 0.05) is 20.5 Å². The fourth-order valence-electron chi connectivity index (χ4n) is 1.61. The molecule has 0 saturated heterocycles. The lowest BCUT2D eigenvalue weighted by Gasteiger charge is -2.13. The summed E-state index contributed by atoms with van der Waals surface area (Å²) in [5.74, 6) is 0.661. The zero-order valence-electron chi connectivity index (χ0n) is 9.34. The van der Waals surface area contributed by atoms with Gasteiger partial charge in [-0.1, -0.05) is 30.3 Å². The number of carbonyl (C=O) groups is 1. The lowest BCUT2D eigenvalue weighted by atomic mass is 10.1. The van der Waals surface area contributed by atoms with E-state index < -0.39 is 6.03 Å². The highest BCUT2D eigenvalue weighted by Crippen LogP contribution is 2.08. The topological polar surface area (TPSA) is 45.0 Å². The fourth-order valence-corrected chi connectivity index (χ4v) is 1.61. The van der Waals surface area contributed by atoms with E-state index >= 15 is 0 Å². The lowest BCUT2D eigenvalue weighted by molar-refractivity contribution is 0.257. The molecule has 0 bridgehead atoms. The number of amidine groups is 1. The number of benzene rings is 1. The summed E-state index contributed by atoms with van der Waals surface area (Å²) in [6.45, 7) is 0. The Morgan fingerprint density at radius 3 is 2.44 bits per heavy atom. The lowest BCUT2D eigenvalue weighted by Crippen LogP contribution is -2.29. The van der Waals surface area contributed by atoms with E-state index in [9.17, 15) is 4.79 Å². The SMILES string of the molecule is CN(C)C1=NC(=O)N=C1Cc1ccccc1. The smallest absolute Gasteiger partial charge is 0.361 e. The van der Waals surface area contributed by atoms with Crippen molar-refractivity contribution >= 4 is 17.6 Å². The molecule has 1 aromatic rings. The van der Waals surface area contributed by atoms with Crippen LogP contribution in [0.15, 0.2) is 40.3 Å². The van der Waals surface area contributed by atoms with Crippen molar-refractivity contribution in [1.82, 2.24) is 4.90 Å². The fraction of sp³-hybridized carbons (Fsp3) is 0.250. The summed E-state index contributed by atoms with van der Waals surface area (Å²) in [7, 11) is 3.72. The summed E-state index contributed by atoms with van der Waals surface area (Å²) in [4.78, 5) is 20.8. The summed E-state index contributed by atoms with van der Waals surface area (Å²) >= 11 is 0. The van der Waals surface area contributed by atoms with Crippen LogP contribution in [0.4, 0.5) is 4.79 Å². The first-order chi connectivity index (χ1) is 7.66. The number of amides is 2. The summed E-state index contributed by atoms with van der Waals surface area (Å²) in [5, 5.41) is 0. The molecular weight excluding hydrogens is 202 g/mol. The van der Waals surface area contributed by atoms with Gasteiger partial charge in [0.1, 0.15) is 0 Å². The number of carbonyl (C=O) groups excluding carboxylic acids is 1. The van der Waals surface area contributed by atoms with Gasteiger partial charge in [0.25, 0.3) is 0 Å². The van der Waals surface area contributed by atoms with Crippen LogP contribution in [-0.2, 0) is 6.42 Å². The minimum absolute atomic E-state index is 0.408. The molecule has 2 rings (SSSR count). The van der Waals surface area contributed by atoms with Crippen LogP contribution >= 0.6 is 0 Å². The van der Waals surface area contributed by atoms with Crippen LogP contribution in [0.5, 0.6) is 0 Å². The predicted octanol–water partition coefficient (Wildman–Crippen LogP) is 1.76. The second-order valence-electron chi connectivity index (χ2n) is 3.83. The summed E-state index contributed by atoms with van der Waals surface area (Å²) in [6, 6.07) is 9.52. The Hall–Kier alpha value is -1.97. The molecule has 0 fully saturated rings. The van der Waals surface area contributed by atoms with E-state index in [1.807, 2.05) is 49.3 Å². The third kappa shape index (κ3) is 2.16. The predicted molar refractivity (Wildman–Crippen MR) is 64.1 cm³/mol. The maximum atomic E-state index is 11.2. The van der Waals surface area contributed by atoms with Crippen molar-refractivity contribution in [3.8, 4) is 0 Å². The minimum Gasteiger partial charge on any atom is -0.361 e. The van der Waals surface area contributed by atoms with Crippen molar-refractivity contribution in [2.24, 2.45) is 9.98 Å². The number of rotatable bonds is 2. The molecule has 0 aliphatic carbocycles. The van der Waals surface area contributed by atoms with Gasteiger partial charge in [-0.3, -0.25) is 0 Å². The van der Waals surface area contributed by atoms with Gasteiger partial charge in [0.2, 0.25) is 0 Å². The molecule has 0 radical (unpaired) electrons. The molecule has 2 amide bonds. The Morgan fingerprint density at radius 1 is 1.12 bits per heavy atom. The first-order valence-electron chi connectivity index (χ1n) is 5.08. The molecule has 4 nitrogen and oxygen atoms in total. The highest BCUT2D eigenvalue weighted by atomic mass is 16.2. The van der Waals surface area contributed by atoms with Gasteiger partial charge in [-0.05, 0) is 5.56 Å². The van der Waals surface area contributed by atoms with Crippen molar-refractivity contribution in [3.63, 3.8) is 0 Å². The molecule has 82 valence electrons. The average molecular weight is 215 g/mol. The van der Waals surface area contributed by atoms with Crippen LogP contribution in [0.3, 0.4) is 0 Å². The quantitative estimate of drug-likeness (QED) is 0.754. The molecule has 1 heterocycles. The molecule has 16 heavy (non-hydrogen) atoms. The van der Waals surface area contributed by atoms with Gasteiger partial charge in [-0.25, -0.2) is 4.79 Å². The Bertz CT molecular complexity index is 460. The number of urea groups is 1. The minimum atomic E-state index is -0.408. The van der Waals surface area contributed by atoms with Crippen LogP contribution in [-0.4, -0.2) is 36.6 Å². The van der Waals surface area contributed by atoms with Gasteiger partial charge in [0.05, 0.1) is 5.71 Å². The molecule has 4 heteroatoms. The Morgan fingerprint density at radius 2 is 1.81 bits per heavy atom. The molecule has 1 aliphatic heterocycles. The van der Waals surface area contributed by atoms with Crippen molar-refractivity contribution in [2.45, 2.75) is 6.42 Å². The molecule has 0 N–H and O–H groups in total.